The molecule has 0 saturated carbocycles. The van der Waals surface area contributed by atoms with Gasteiger partial charge in [0.15, 0.2) is 23.3 Å². The van der Waals surface area contributed by atoms with E-state index in [-0.39, 0.29) is 6.54 Å². The molecule has 0 aliphatic carbocycles. The summed E-state index contributed by atoms with van der Waals surface area (Å²) in [5.41, 5.74) is -1.15. The number of hydrogen-bond acceptors (Lipinski definition) is 4. The minimum Gasteiger partial charge on any atom is -0.380 e. The normalized spacial score (nSPS) is 13.3. The molecule has 4 nitrogen and oxygen atoms in total. The maximum absolute atomic E-state index is 14.1. The lowest BCUT2D eigenvalue weighted by Gasteiger charge is -2.38. The number of benzene rings is 1. The van der Waals surface area contributed by atoms with Gasteiger partial charge in [-0.15, -0.1) is 0 Å². The fraction of sp³-hybridized carbons (Fsp3) is 0.739. The first-order valence-electron chi connectivity index (χ1n) is 11.3. The average Bonchev–Trinajstić information content (AvgIpc) is 2.70. The molecule has 1 rings (SSSR count). The first kappa shape index (κ1) is 28.6. The number of anilines is 1. The zero-order valence-electron chi connectivity index (χ0n) is 19.5. The molecule has 0 aliphatic heterocycles. The summed E-state index contributed by atoms with van der Waals surface area (Å²) in [4.78, 5) is 0. The predicted octanol–water partition coefficient (Wildman–Crippen LogP) is 6.66. The molecule has 0 aliphatic rings. The second kappa shape index (κ2) is 13.3. The first-order chi connectivity index (χ1) is 14.9. The van der Waals surface area contributed by atoms with Gasteiger partial charge in [-0.05, 0) is 34.1 Å². The van der Waals surface area contributed by atoms with Gasteiger partial charge in [0.2, 0.25) is 5.82 Å². The SMILES string of the molecule is CCCCCCCCC(CNc1c(F)c(F)c(F)c(F)c1F)C(O)(OC(C)C)OC(C)C. The number of halogens is 5. The summed E-state index contributed by atoms with van der Waals surface area (Å²) < 4.78 is 79.9. The molecular weight excluding hydrogens is 433 g/mol. The Morgan fingerprint density at radius 2 is 1.19 bits per heavy atom. The standard InChI is InChI=1S/C23H36F5NO3/c1-6-7-8-9-10-11-12-16(23(30,31-14(2)3)32-15(4)5)13-29-22-20(27)18(25)17(24)19(26)21(22)28/h14-16,29-30H,6-13H2,1-5H3. The van der Waals surface area contributed by atoms with Crippen molar-refractivity contribution >= 4 is 5.69 Å². The Hall–Kier alpha value is -1.45. The highest BCUT2D eigenvalue weighted by Gasteiger charge is 2.41. The van der Waals surface area contributed by atoms with E-state index in [1.807, 2.05) is 0 Å². The molecule has 1 aromatic carbocycles. The summed E-state index contributed by atoms with van der Waals surface area (Å²) in [6.45, 7) is 8.53. The van der Waals surface area contributed by atoms with Crippen molar-refractivity contribution in [2.24, 2.45) is 5.92 Å². The zero-order valence-corrected chi connectivity index (χ0v) is 19.5. The van der Waals surface area contributed by atoms with Gasteiger partial charge in [0.05, 0.1) is 18.1 Å². The number of ether oxygens (including phenoxy) is 2. The van der Waals surface area contributed by atoms with E-state index in [9.17, 15) is 27.1 Å². The van der Waals surface area contributed by atoms with Crippen LogP contribution in [0.2, 0.25) is 0 Å². The van der Waals surface area contributed by atoms with E-state index in [4.69, 9.17) is 9.47 Å². The van der Waals surface area contributed by atoms with Crippen LogP contribution >= 0.6 is 0 Å². The van der Waals surface area contributed by atoms with Crippen LogP contribution in [0.5, 0.6) is 0 Å². The van der Waals surface area contributed by atoms with Crippen molar-refractivity contribution in [1.82, 2.24) is 0 Å². The lowest BCUT2D eigenvalue weighted by molar-refractivity contribution is -0.405. The molecule has 0 bridgehead atoms. The van der Waals surface area contributed by atoms with Crippen LogP contribution in [-0.4, -0.2) is 29.8 Å². The van der Waals surface area contributed by atoms with Crippen molar-refractivity contribution in [3.8, 4) is 0 Å². The van der Waals surface area contributed by atoms with Crippen molar-refractivity contribution in [1.29, 1.82) is 0 Å². The molecule has 0 fully saturated rings. The van der Waals surface area contributed by atoms with Crippen LogP contribution < -0.4 is 5.32 Å². The largest absolute Gasteiger partial charge is 0.380 e. The lowest BCUT2D eigenvalue weighted by Crippen LogP contribution is -2.49. The summed E-state index contributed by atoms with van der Waals surface area (Å²) in [5, 5.41) is 13.4. The van der Waals surface area contributed by atoms with Gasteiger partial charge in [-0.2, -0.15) is 0 Å². The topological polar surface area (TPSA) is 50.7 Å². The second-order valence-corrected chi connectivity index (χ2v) is 8.54. The van der Waals surface area contributed by atoms with Crippen LogP contribution in [0.25, 0.3) is 0 Å². The lowest BCUT2D eigenvalue weighted by atomic mass is 9.97. The van der Waals surface area contributed by atoms with E-state index in [0.29, 0.717) is 12.8 Å². The van der Waals surface area contributed by atoms with E-state index in [2.05, 4.69) is 12.2 Å². The molecule has 0 heterocycles. The maximum Gasteiger partial charge on any atom is 0.285 e. The molecule has 1 unspecified atom stereocenters. The molecule has 9 heteroatoms. The summed E-state index contributed by atoms with van der Waals surface area (Å²) >= 11 is 0. The minimum absolute atomic E-state index is 0.330. The molecule has 0 spiro atoms. The third-order valence-electron chi connectivity index (χ3n) is 4.97. The van der Waals surface area contributed by atoms with Crippen molar-refractivity contribution in [2.45, 2.75) is 97.7 Å². The molecular formula is C23H36F5NO3. The Kier molecular flexibility index (Phi) is 11.9. The maximum atomic E-state index is 14.1. The summed E-state index contributed by atoms with van der Waals surface area (Å²) in [7, 11) is 0. The van der Waals surface area contributed by atoms with Crippen LogP contribution in [0, 0.1) is 35.0 Å². The quantitative estimate of drug-likeness (QED) is 0.0992. The van der Waals surface area contributed by atoms with E-state index in [1.54, 1.807) is 27.7 Å². The number of nitrogens with one attached hydrogen (secondary N) is 1. The summed E-state index contributed by atoms with van der Waals surface area (Å²) in [5.74, 6) is -13.2. The Morgan fingerprint density at radius 3 is 1.66 bits per heavy atom. The van der Waals surface area contributed by atoms with Crippen molar-refractivity contribution in [2.75, 3.05) is 11.9 Å². The molecule has 186 valence electrons. The van der Waals surface area contributed by atoms with Gasteiger partial charge in [0, 0.05) is 6.54 Å². The van der Waals surface area contributed by atoms with Gasteiger partial charge in [-0.3, -0.25) is 0 Å². The number of hydrogen-bond donors (Lipinski definition) is 2. The van der Waals surface area contributed by atoms with Crippen LogP contribution in [0.4, 0.5) is 27.6 Å². The molecule has 0 aromatic heterocycles. The monoisotopic (exact) mass is 469 g/mol. The van der Waals surface area contributed by atoms with E-state index in [1.165, 1.54) is 0 Å². The Bertz CT molecular complexity index is 676. The predicted molar refractivity (Wildman–Crippen MR) is 114 cm³/mol. The summed E-state index contributed by atoms with van der Waals surface area (Å²) in [6, 6.07) is 0. The fourth-order valence-electron chi connectivity index (χ4n) is 3.47. The number of unbranched alkanes of at least 4 members (excludes halogenated alkanes) is 5. The smallest absolute Gasteiger partial charge is 0.285 e. The molecule has 0 amide bonds. The fourth-order valence-corrected chi connectivity index (χ4v) is 3.47. The van der Waals surface area contributed by atoms with Crippen molar-refractivity contribution < 1.29 is 36.5 Å². The van der Waals surface area contributed by atoms with Crippen LogP contribution in [0.3, 0.4) is 0 Å². The highest BCUT2D eigenvalue weighted by Crippen LogP contribution is 2.32. The molecule has 1 aromatic rings. The van der Waals surface area contributed by atoms with Crippen LogP contribution in [-0.2, 0) is 9.47 Å². The molecule has 0 saturated heterocycles. The highest BCUT2D eigenvalue weighted by molar-refractivity contribution is 5.47. The average molecular weight is 470 g/mol. The van der Waals surface area contributed by atoms with Crippen LogP contribution in [0.1, 0.15) is 79.6 Å². The van der Waals surface area contributed by atoms with E-state index >= 15 is 0 Å². The Labute approximate surface area is 187 Å². The van der Waals surface area contributed by atoms with E-state index in [0.717, 1.165) is 32.1 Å². The highest BCUT2D eigenvalue weighted by atomic mass is 19.2. The molecule has 1 atom stereocenters. The number of rotatable bonds is 15. The third-order valence-corrected chi connectivity index (χ3v) is 4.97. The van der Waals surface area contributed by atoms with Crippen molar-refractivity contribution in [3.63, 3.8) is 0 Å². The zero-order chi connectivity index (χ0) is 24.5. The van der Waals surface area contributed by atoms with Crippen LogP contribution in [0.15, 0.2) is 0 Å². The van der Waals surface area contributed by atoms with Gasteiger partial charge in [0.25, 0.3) is 5.97 Å². The molecule has 0 radical (unpaired) electrons. The first-order valence-corrected chi connectivity index (χ1v) is 11.3. The molecule has 2 N–H and O–H groups in total. The Balaban J connectivity index is 3.09. The van der Waals surface area contributed by atoms with Gasteiger partial charge in [-0.25, -0.2) is 22.0 Å². The summed E-state index contributed by atoms with van der Waals surface area (Å²) in [6.07, 6.45) is 5.25. The Morgan fingerprint density at radius 1 is 0.750 bits per heavy atom. The van der Waals surface area contributed by atoms with Gasteiger partial charge < -0.3 is 19.9 Å². The molecule has 32 heavy (non-hydrogen) atoms. The number of aliphatic hydroxyl groups is 1. The van der Waals surface area contributed by atoms with E-state index < -0.39 is 58.9 Å². The third kappa shape index (κ3) is 8.15. The van der Waals surface area contributed by atoms with Gasteiger partial charge in [0.1, 0.15) is 5.69 Å². The van der Waals surface area contributed by atoms with Gasteiger partial charge >= 0.3 is 0 Å². The van der Waals surface area contributed by atoms with Gasteiger partial charge in [-0.1, -0.05) is 45.4 Å². The van der Waals surface area contributed by atoms with Crippen molar-refractivity contribution in [3.05, 3.63) is 29.1 Å². The minimum atomic E-state index is -2.23. The second-order valence-electron chi connectivity index (χ2n) is 8.54.